The van der Waals surface area contributed by atoms with E-state index in [0.29, 0.717) is 16.0 Å². The Hall–Kier alpha value is -2.41. The number of halogens is 1. The van der Waals surface area contributed by atoms with Gasteiger partial charge in [0.25, 0.3) is 0 Å². The highest BCUT2D eigenvalue weighted by molar-refractivity contribution is 9.10. The van der Waals surface area contributed by atoms with E-state index in [1.54, 1.807) is 18.2 Å². The smallest absolute Gasteiger partial charge is 0.339 e. The molecule has 0 aliphatic rings. The number of aromatic carboxylic acids is 1. The van der Waals surface area contributed by atoms with E-state index >= 15 is 0 Å². The van der Waals surface area contributed by atoms with Crippen LogP contribution in [0.15, 0.2) is 41.1 Å². The van der Waals surface area contributed by atoms with Crippen LogP contribution in [0.2, 0.25) is 0 Å². The molecule has 6 nitrogen and oxygen atoms in total. The van der Waals surface area contributed by atoms with Gasteiger partial charge in [-0.05, 0) is 36.8 Å². The van der Waals surface area contributed by atoms with E-state index < -0.39 is 5.97 Å². The van der Waals surface area contributed by atoms with Crippen molar-refractivity contribution in [3.63, 3.8) is 0 Å². The van der Waals surface area contributed by atoms with Crippen molar-refractivity contribution in [2.24, 2.45) is 0 Å². The lowest BCUT2D eigenvalue weighted by Gasteiger charge is -2.10. The standard InChI is InChI=1S/C14H10BrN3O3/c1-8-4-12-16-7-17-18(12)13(5-8)21-11-3-2-9(15)6-10(11)14(19)20/h2-7H,1H3,(H,19,20). The van der Waals surface area contributed by atoms with E-state index in [4.69, 9.17) is 4.74 Å². The Kier molecular flexibility index (Phi) is 3.34. The maximum absolute atomic E-state index is 11.3. The molecular formula is C14H10BrN3O3. The number of aromatic nitrogens is 3. The molecule has 0 radical (unpaired) electrons. The summed E-state index contributed by atoms with van der Waals surface area (Å²) >= 11 is 3.25. The van der Waals surface area contributed by atoms with Crippen LogP contribution in [0.3, 0.4) is 0 Å². The third-order valence-corrected chi connectivity index (χ3v) is 3.37. The molecule has 7 heteroatoms. The van der Waals surface area contributed by atoms with Crippen LogP contribution in [0.25, 0.3) is 5.65 Å². The van der Waals surface area contributed by atoms with Crippen molar-refractivity contribution < 1.29 is 14.6 Å². The van der Waals surface area contributed by atoms with Crippen LogP contribution in [0.4, 0.5) is 0 Å². The maximum atomic E-state index is 11.3. The normalized spacial score (nSPS) is 10.8. The Balaban J connectivity index is 2.10. The molecule has 2 aromatic heterocycles. The van der Waals surface area contributed by atoms with Gasteiger partial charge in [-0.15, -0.1) is 0 Å². The van der Waals surface area contributed by atoms with Gasteiger partial charge in [-0.2, -0.15) is 9.61 Å². The molecule has 0 bridgehead atoms. The first-order valence-electron chi connectivity index (χ1n) is 6.05. The molecule has 0 atom stereocenters. The van der Waals surface area contributed by atoms with E-state index in [1.165, 1.54) is 16.9 Å². The molecule has 0 unspecified atom stereocenters. The van der Waals surface area contributed by atoms with Gasteiger partial charge in [0.2, 0.25) is 5.88 Å². The Bertz CT molecular complexity index is 845. The topological polar surface area (TPSA) is 76.7 Å². The third-order valence-electron chi connectivity index (χ3n) is 2.88. The number of nitrogens with zero attached hydrogens (tertiary/aromatic N) is 3. The van der Waals surface area contributed by atoms with Crippen molar-refractivity contribution >= 4 is 27.5 Å². The number of fused-ring (bicyclic) bond motifs is 1. The molecule has 0 amide bonds. The second kappa shape index (κ2) is 5.17. The number of ether oxygens (including phenoxy) is 1. The summed E-state index contributed by atoms with van der Waals surface area (Å²) in [5.41, 5.74) is 1.65. The number of carboxylic acid groups (broad SMARTS) is 1. The monoisotopic (exact) mass is 347 g/mol. The number of pyridine rings is 1. The summed E-state index contributed by atoms with van der Waals surface area (Å²) in [6, 6.07) is 8.44. The van der Waals surface area contributed by atoms with Crippen LogP contribution in [0, 0.1) is 6.92 Å². The van der Waals surface area contributed by atoms with E-state index in [0.717, 1.165) is 5.56 Å². The minimum absolute atomic E-state index is 0.0687. The number of benzene rings is 1. The molecule has 3 aromatic rings. The highest BCUT2D eigenvalue weighted by Crippen LogP contribution is 2.28. The molecular weight excluding hydrogens is 338 g/mol. The molecule has 0 aliphatic heterocycles. The molecule has 0 spiro atoms. The zero-order chi connectivity index (χ0) is 15.0. The average Bonchev–Trinajstić information content (AvgIpc) is 2.88. The fourth-order valence-corrected chi connectivity index (χ4v) is 2.32. The van der Waals surface area contributed by atoms with Gasteiger partial charge in [0.1, 0.15) is 17.6 Å². The second-order valence-corrected chi connectivity index (χ2v) is 5.36. The lowest BCUT2D eigenvalue weighted by Crippen LogP contribution is -2.02. The summed E-state index contributed by atoms with van der Waals surface area (Å²) in [6.07, 6.45) is 1.42. The first-order valence-corrected chi connectivity index (χ1v) is 6.85. The molecule has 0 saturated heterocycles. The van der Waals surface area contributed by atoms with Crippen LogP contribution >= 0.6 is 15.9 Å². The van der Waals surface area contributed by atoms with Gasteiger partial charge in [-0.25, -0.2) is 9.78 Å². The lowest BCUT2D eigenvalue weighted by molar-refractivity contribution is 0.0694. The number of carbonyl (C=O) groups is 1. The number of aryl methyl sites for hydroxylation is 1. The van der Waals surface area contributed by atoms with E-state index in [2.05, 4.69) is 26.0 Å². The van der Waals surface area contributed by atoms with Crippen LogP contribution in [0.5, 0.6) is 11.6 Å². The SMILES string of the molecule is Cc1cc(Oc2ccc(Br)cc2C(=O)O)n2ncnc2c1. The van der Waals surface area contributed by atoms with Crippen LogP contribution in [-0.4, -0.2) is 25.7 Å². The van der Waals surface area contributed by atoms with Crippen molar-refractivity contribution in [3.8, 4) is 11.6 Å². The number of hydrogen-bond donors (Lipinski definition) is 1. The first kappa shape index (κ1) is 13.6. The van der Waals surface area contributed by atoms with Crippen molar-refractivity contribution in [3.05, 3.63) is 52.3 Å². The Labute approximate surface area is 128 Å². The predicted octanol–water partition coefficient (Wildman–Crippen LogP) is 3.29. The van der Waals surface area contributed by atoms with Gasteiger partial charge in [0, 0.05) is 10.5 Å². The van der Waals surface area contributed by atoms with Crippen molar-refractivity contribution in [2.45, 2.75) is 6.92 Å². The van der Waals surface area contributed by atoms with Gasteiger partial charge >= 0.3 is 5.97 Å². The zero-order valence-corrected chi connectivity index (χ0v) is 12.5. The third kappa shape index (κ3) is 2.59. The molecule has 1 N–H and O–H groups in total. The number of hydrogen-bond acceptors (Lipinski definition) is 4. The maximum Gasteiger partial charge on any atom is 0.339 e. The fraction of sp³-hybridized carbons (Fsp3) is 0.0714. The van der Waals surface area contributed by atoms with Crippen molar-refractivity contribution in [1.82, 2.24) is 14.6 Å². The summed E-state index contributed by atoms with van der Waals surface area (Å²) in [5, 5.41) is 13.3. The molecule has 21 heavy (non-hydrogen) atoms. The fourth-order valence-electron chi connectivity index (χ4n) is 1.96. The largest absolute Gasteiger partial charge is 0.478 e. The van der Waals surface area contributed by atoms with Crippen molar-refractivity contribution in [2.75, 3.05) is 0 Å². The van der Waals surface area contributed by atoms with Gasteiger partial charge in [-0.1, -0.05) is 15.9 Å². The summed E-state index contributed by atoms with van der Waals surface area (Å²) < 4.78 is 7.92. The number of rotatable bonds is 3. The summed E-state index contributed by atoms with van der Waals surface area (Å²) in [4.78, 5) is 15.4. The van der Waals surface area contributed by atoms with Gasteiger partial charge in [-0.3, -0.25) is 0 Å². The average molecular weight is 348 g/mol. The molecule has 3 rings (SSSR count). The Morgan fingerprint density at radius 1 is 1.33 bits per heavy atom. The highest BCUT2D eigenvalue weighted by Gasteiger charge is 2.14. The minimum atomic E-state index is -1.06. The summed E-state index contributed by atoms with van der Waals surface area (Å²) in [5.74, 6) is -0.408. The highest BCUT2D eigenvalue weighted by atomic mass is 79.9. The molecule has 2 heterocycles. The van der Waals surface area contributed by atoms with Crippen LogP contribution in [-0.2, 0) is 0 Å². The van der Waals surface area contributed by atoms with Crippen LogP contribution in [0.1, 0.15) is 15.9 Å². The van der Waals surface area contributed by atoms with Crippen LogP contribution < -0.4 is 4.74 Å². The zero-order valence-electron chi connectivity index (χ0n) is 10.9. The van der Waals surface area contributed by atoms with Gasteiger partial charge in [0.05, 0.1) is 0 Å². The van der Waals surface area contributed by atoms with Gasteiger partial charge in [0.15, 0.2) is 5.65 Å². The summed E-state index contributed by atoms with van der Waals surface area (Å²) in [6.45, 7) is 1.90. The van der Waals surface area contributed by atoms with E-state index in [1.807, 2.05) is 13.0 Å². The quantitative estimate of drug-likeness (QED) is 0.786. The second-order valence-electron chi connectivity index (χ2n) is 4.45. The molecule has 0 saturated carbocycles. The van der Waals surface area contributed by atoms with E-state index in [-0.39, 0.29) is 11.3 Å². The Morgan fingerprint density at radius 3 is 2.90 bits per heavy atom. The summed E-state index contributed by atoms with van der Waals surface area (Å²) in [7, 11) is 0. The molecule has 0 aliphatic carbocycles. The minimum Gasteiger partial charge on any atom is -0.478 e. The first-order chi connectivity index (χ1) is 10.0. The lowest BCUT2D eigenvalue weighted by atomic mass is 10.2. The number of carboxylic acids is 1. The molecule has 0 fully saturated rings. The molecule has 106 valence electrons. The molecule has 1 aromatic carbocycles. The van der Waals surface area contributed by atoms with Gasteiger partial charge < -0.3 is 9.84 Å². The predicted molar refractivity (Wildman–Crippen MR) is 78.9 cm³/mol. The Morgan fingerprint density at radius 2 is 2.14 bits per heavy atom. The van der Waals surface area contributed by atoms with E-state index in [9.17, 15) is 9.90 Å². The van der Waals surface area contributed by atoms with Crippen molar-refractivity contribution in [1.29, 1.82) is 0 Å².